The Morgan fingerprint density at radius 3 is 2.45 bits per heavy atom. The minimum absolute atomic E-state index is 0.210. The Labute approximate surface area is 196 Å². The van der Waals surface area contributed by atoms with Crippen molar-refractivity contribution in [2.75, 3.05) is 6.54 Å². The molecule has 0 aliphatic carbocycles. The van der Waals surface area contributed by atoms with Crippen molar-refractivity contribution in [3.05, 3.63) is 101 Å². The van der Waals surface area contributed by atoms with Crippen LogP contribution >= 0.6 is 0 Å². The van der Waals surface area contributed by atoms with Gasteiger partial charge in [0.1, 0.15) is 5.84 Å². The van der Waals surface area contributed by atoms with Crippen molar-refractivity contribution in [3.8, 4) is 11.3 Å². The summed E-state index contributed by atoms with van der Waals surface area (Å²) in [7, 11) is 0. The van der Waals surface area contributed by atoms with Crippen LogP contribution in [0.25, 0.3) is 22.2 Å². The molecule has 1 unspecified atom stereocenters. The lowest BCUT2D eigenvalue weighted by atomic mass is 9.92. The molecule has 0 radical (unpaired) electrons. The number of nitrogens with one attached hydrogen (secondary N) is 1. The number of aliphatic imine (C=N–C) groups is 1. The van der Waals surface area contributed by atoms with Gasteiger partial charge >= 0.3 is 0 Å². The number of hydrogen-bond acceptors (Lipinski definition) is 3. The standard InChI is InChI=1S/C30H31N3/c1-3-5-16-25-28(30-31-20-27(33-30)23-17-10-9-13-21(23)4-2)24-18-11-12-19-26(24)32-29(25)22-14-7-6-8-15-22/h6-15,17-19,27H,3-5,16,20H2,1-2H3,(H,31,33). The quantitative estimate of drug-likeness (QED) is 0.344. The first-order chi connectivity index (χ1) is 16.3. The van der Waals surface area contributed by atoms with Crippen LogP contribution in [0.5, 0.6) is 0 Å². The lowest BCUT2D eigenvalue weighted by Crippen LogP contribution is -2.26. The second-order valence-electron chi connectivity index (χ2n) is 8.74. The number of unbranched alkanes of at least 4 members (excludes halogenated alkanes) is 1. The molecule has 1 N–H and O–H groups in total. The summed E-state index contributed by atoms with van der Waals surface area (Å²) in [5.74, 6) is 1.01. The van der Waals surface area contributed by atoms with Gasteiger partial charge < -0.3 is 5.32 Å². The maximum Gasteiger partial charge on any atom is 0.129 e. The topological polar surface area (TPSA) is 37.3 Å². The first kappa shape index (κ1) is 21.4. The van der Waals surface area contributed by atoms with E-state index in [1.807, 2.05) is 0 Å². The van der Waals surface area contributed by atoms with Crippen molar-refractivity contribution in [3.63, 3.8) is 0 Å². The van der Waals surface area contributed by atoms with E-state index in [2.05, 4.69) is 98.0 Å². The molecule has 166 valence electrons. The number of para-hydroxylation sites is 1. The fourth-order valence-corrected chi connectivity index (χ4v) is 4.92. The predicted molar refractivity (Wildman–Crippen MR) is 139 cm³/mol. The highest BCUT2D eigenvalue weighted by Crippen LogP contribution is 2.33. The monoisotopic (exact) mass is 433 g/mol. The van der Waals surface area contributed by atoms with Crippen LogP contribution in [0.15, 0.2) is 83.9 Å². The van der Waals surface area contributed by atoms with E-state index in [0.29, 0.717) is 0 Å². The van der Waals surface area contributed by atoms with Crippen molar-refractivity contribution in [1.29, 1.82) is 0 Å². The average molecular weight is 434 g/mol. The molecule has 2 heterocycles. The van der Waals surface area contributed by atoms with E-state index >= 15 is 0 Å². The van der Waals surface area contributed by atoms with E-state index in [-0.39, 0.29) is 6.04 Å². The molecule has 4 aromatic rings. The van der Waals surface area contributed by atoms with Crippen molar-refractivity contribution in [1.82, 2.24) is 10.3 Å². The number of rotatable bonds is 7. The Kier molecular flexibility index (Phi) is 6.21. The van der Waals surface area contributed by atoms with E-state index < -0.39 is 0 Å². The summed E-state index contributed by atoms with van der Waals surface area (Å²) in [6, 6.07) is 28.0. The highest BCUT2D eigenvalue weighted by atomic mass is 15.1. The maximum absolute atomic E-state index is 5.15. The molecule has 0 saturated heterocycles. The second-order valence-corrected chi connectivity index (χ2v) is 8.74. The summed E-state index contributed by atoms with van der Waals surface area (Å²) in [6.45, 7) is 5.23. The number of fused-ring (bicyclic) bond motifs is 1. The molecule has 0 spiro atoms. The molecule has 3 nitrogen and oxygen atoms in total. The van der Waals surface area contributed by atoms with Gasteiger partial charge in [0.2, 0.25) is 0 Å². The third kappa shape index (κ3) is 4.16. The Balaban J connectivity index is 1.65. The van der Waals surface area contributed by atoms with Gasteiger partial charge in [-0.2, -0.15) is 0 Å². The number of pyridine rings is 1. The van der Waals surface area contributed by atoms with E-state index in [4.69, 9.17) is 9.98 Å². The highest BCUT2D eigenvalue weighted by Gasteiger charge is 2.26. The van der Waals surface area contributed by atoms with Crippen LogP contribution in [0.1, 0.15) is 55.0 Å². The average Bonchev–Trinajstić information content (AvgIpc) is 3.36. The minimum Gasteiger partial charge on any atom is -0.361 e. The van der Waals surface area contributed by atoms with Gasteiger partial charge in [-0.25, -0.2) is 4.98 Å². The molecule has 1 aliphatic heterocycles. The van der Waals surface area contributed by atoms with E-state index in [1.54, 1.807) is 0 Å². The zero-order valence-electron chi connectivity index (χ0n) is 19.5. The van der Waals surface area contributed by atoms with E-state index in [1.165, 1.54) is 33.2 Å². The fraction of sp³-hybridized carbons (Fsp3) is 0.267. The van der Waals surface area contributed by atoms with Gasteiger partial charge in [0, 0.05) is 16.5 Å². The van der Waals surface area contributed by atoms with Crippen LogP contribution in [-0.2, 0) is 12.8 Å². The number of nitrogens with zero attached hydrogens (tertiary/aromatic N) is 2. The molecule has 1 aliphatic rings. The summed E-state index contributed by atoms with van der Waals surface area (Å²) in [4.78, 5) is 10.2. The lowest BCUT2D eigenvalue weighted by molar-refractivity contribution is 0.700. The molecule has 0 saturated carbocycles. The summed E-state index contributed by atoms with van der Waals surface area (Å²) < 4.78 is 0. The molecule has 0 fully saturated rings. The Hall–Kier alpha value is -3.46. The molecule has 5 rings (SSSR count). The zero-order chi connectivity index (χ0) is 22.6. The van der Waals surface area contributed by atoms with Gasteiger partial charge in [0.25, 0.3) is 0 Å². The molecule has 3 aromatic carbocycles. The zero-order valence-corrected chi connectivity index (χ0v) is 19.5. The van der Waals surface area contributed by atoms with Crippen LogP contribution in [0, 0.1) is 0 Å². The molecule has 1 aromatic heterocycles. The first-order valence-electron chi connectivity index (χ1n) is 12.2. The largest absolute Gasteiger partial charge is 0.361 e. The predicted octanol–water partition coefficient (Wildman–Crippen LogP) is 6.90. The van der Waals surface area contributed by atoms with Crippen molar-refractivity contribution < 1.29 is 0 Å². The molecule has 3 heteroatoms. The number of benzene rings is 3. The summed E-state index contributed by atoms with van der Waals surface area (Å²) in [5.41, 5.74) is 8.55. The van der Waals surface area contributed by atoms with Crippen molar-refractivity contribution >= 4 is 16.7 Å². The van der Waals surface area contributed by atoms with Crippen LogP contribution < -0.4 is 5.32 Å². The maximum atomic E-state index is 5.15. The van der Waals surface area contributed by atoms with Crippen molar-refractivity contribution in [2.45, 2.75) is 45.6 Å². The van der Waals surface area contributed by atoms with Gasteiger partial charge in [-0.1, -0.05) is 93.1 Å². The van der Waals surface area contributed by atoms with Gasteiger partial charge in [0.05, 0.1) is 23.8 Å². The Morgan fingerprint density at radius 1 is 0.879 bits per heavy atom. The fourth-order valence-electron chi connectivity index (χ4n) is 4.92. The normalized spacial score (nSPS) is 15.5. The van der Waals surface area contributed by atoms with Crippen LogP contribution in [-0.4, -0.2) is 17.4 Å². The molecule has 1 atom stereocenters. The van der Waals surface area contributed by atoms with Crippen molar-refractivity contribution in [2.24, 2.45) is 4.99 Å². The molecule has 0 bridgehead atoms. The van der Waals surface area contributed by atoms with Gasteiger partial charge in [-0.15, -0.1) is 0 Å². The molecule has 0 amide bonds. The van der Waals surface area contributed by atoms with Crippen LogP contribution in [0.2, 0.25) is 0 Å². The van der Waals surface area contributed by atoms with Crippen LogP contribution in [0.3, 0.4) is 0 Å². The van der Waals surface area contributed by atoms with E-state index in [9.17, 15) is 0 Å². The van der Waals surface area contributed by atoms with Gasteiger partial charge in [-0.05, 0) is 42.0 Å². The van der Waals surface area contributed by atoms with E-state index in [0.717, 1.165) is 49.3 Å². The third-order valence-electron chi connectivity index (χ3n) is 6.61. The van der Waals surface area contributed by atoms with Crippen LogP contribution in [0.4, 0.5) is 0 Å². The Bertz CT molecular complexity index is 1290. The lowest BCUT2D eigenvalue weighted by Gasteiger charge is -2.20. The first-order valence-corrected chi connectivity index (χ1v) is 12.2. The number of aryl methyl sites for hydroxylation is 1. The number of amidine groups is 1. The molecular formula is C30H31N3. The summed E-state index contributed by atoms with van der Waals surface area (Å²) >= 11 is 0. The number of aromatic nitrogens is 1. The summed E-state index contributed by atoms with van der Waals surface area (Å²) in [5, 5.41) is 4.99. The molecule has 33 heavy (non-hydrogen) atoms. The minimum atomic E-state index is 0.210. The highest BCUT2D eigenvalue weighted by molar-refractivity contribution is 6.12. The third-order valence-corrected chi connectivity index (χ3v) is 6.61. The summed E-state index contributed by atoms with van der Waals surface area (Å²) in [6.07, 6.45) is 4.29. The van der Waals surface area contributed by atoms with Gasteiger partial charge in [-0.3, -0.25) is 4.99 Å². The number of hydrogen-bond donors (Lipinski definition) is 1. The SMILES string of the molecule is CCCCc1c(-c2ccccc2)nc2ccccc2c1C1=NCC(c2ccccc2CC)N1. The molecular weight excluding hydrogens is 402 g/mol. The second kappa shape index (κ2) is 9.58. The van der Waals surface area contributed by atoms with Gasteiger partial charge in [0.15, 0.2) is 0 Å². The Morgan fingerprint density at radius 2 is 1.64 bits per heavy atom. The smallest absolute Gasteiger partial charge is 0.129 e.